The van der Waals surface area contributed by atoms with Crippen LogP contribution in [0.5, 0.6) is 0 Å². The number of ether oxygens (including phenoxy) is 2. The summed E-state index contributed by atoms with van der Waals surface area (Å²) in [5.74, 6) is 0. The maximum absolute atomic E-state index is 9.01. The highest BCUT2D eigenvalue weighted by Crippen LogP contribution is 2.03. The molecular formula is C7H15O5. The van der Waals surface area contributed by atoms with Crippen molar-refractivity contribution in [3.8, 4) is 0 Å². The topological polar surface area (TPSA) is 79.2 Å². The van der Waals surface area contributed by atoms with Gasteiger partial charge in [0.2, 0.25) is 0 Å². The fourth-order valence-corrected chi connectivity index (χ4v) is 0.567. The lowest BCUT2D eigenvalue weighted by Gasteiger charge is -2.15. The molecule has 0 aliphatic rings. The zero-order valence-corrected chi connectivity index (χ0v) is 7.06. The van der Waals surface area contributed by atoms with Gasteiger partial charge < -0.3 is 24.8 Å². The van der Waals surface area contributed by atoms with E-state index >= 15 is 0 Å². The molecule has 0 bridgehead atoms. The van der Waals surface area contributed by atoms with Crippen LogP contribution in [-0.4, -0.2) is 48.0 Å². The Morgan fingerprint density at radius 2 is 2.17 bits per heavy atom. The van der Waals surface area contributed by atoms with Gasteiger partial charge >= 0.3 is 0 Å². The number of aliphatic hydroxyl groups is 3. The maximum Gasteiger partial charge on any atom is 0.189 e. The molecule has 0 spiro atoms. The van der Waals surface area contributed by atoms with Gasteiger partial charge in [-0.05, 0) is 6.92 Å². The van der Waals surface area contributed by atoms with Crippen molar-refractivity contribution in [3.63, 3.8) is 0 Å². The molecule has 0 aromatic heterocycles. The molecule has 3 N–H and O–H groups in total. The Hall–Kier alpha value is -0.200. The highest BCUT2D eigenvalue weighted by molar-refractivity contribution is 4.78. The van der Waals surface area contributed by atoms with Gasteiger partial charge in [-0.15, -0.1) is 0 Å². The summed E-state index contributed by atoms with van der Waals surface area (Å²) in [6, 6.07) is 0. The first kappa shape index (κ1) is 11.8. The summed E-state index contributed by atoms with van der Waals surface area (Å²) < 4.78 is 9.40. The summed E-state index contributed by atoms with van der Waals surface area (Å²) in [7, 11) is 0. The fraction of sp³-hybridized carbons (Fsp3) is 0.857. The van der Waals surface area contributed by atoms with E-state index < -0.39 is 6.29 Å². The normalized spacial score (nSPS) is 13.8. The molecule has 1 radical (unpaired) electrons. The molecule has 0 aromatic rings. The van der Waals surface area contributed by atoms with E-state index in [0.29, 0.717) is 6.61 Å². The number of rotatable bonds is 7. The molecule has 0 amide bonds. The maximum atomic E-state index is 9.01. The zero-order valence-electron chi connectivity index (χ0n) is 7.06. The summed E-state index contributed by atoms with van der Waals surface area (Å²) >= 11 is 0. The number of aliphatic hydroxyl groups excluding tert-OH is 3. The van der Waals surface area contributed by atoms with Crippen molar-refractivity contribution in [3.05, 3.63) is 6.10 Å². The molecular weight excluding hydrogens is 164 g/mol. The molecule has 1 atom stereocenters. The molecule has 0 aliphatic carbocycles. The minimum atomic E-state index is -1.30. The predicted octanol–water partition coefficient (Wildman–Crippen LogP) is -0.745. The molecule has 0 aromatic carbocycles. The van der Waals surface area contributed by atoms with Crippen LogP contribution in [0, 0.1) is 6.10 Å². The van der Waals surface area contributed by atoms with E-state index in [-0.39, 0.29) is 25.9 Å². The molecule has 0 aliphatic heterocycles. The third-order valence-corrected chi connectivity index (χ3v) is 1.10. The number of hydrogen-bond donors (Lipinski definition) is 3. The number of hydrogen-bond acceptors (Lipinski definition) is 5. The van der Waals surface area contributed by atoms with E-state index in [1.165, 1.54) is 0 Å². The van der Waals surface area contributed by atoms with E-state index in [1.807, 2.05) is 0 Å². The minimum Gasteiger partial charge on any atom is -0.394 e. The zero-order chi connectivity index (χ0) is 9.40. The average Bonchev–Trinajstić information content (AvgIpc) is 2.05. The molecule has 12 heavy (non-hydrogen) atoms. The van der Waals surface area contributed by atoms with Crippen molar-refractivity contribution in [2.24, 2.45) is 0 Å². The SMILES string of the molecule is CCOC(O)[C](O)COCCO. The van der Waals surface area contributed by atoms with E-state index in [9.17, 15) is 0 Å². The van der Waals surface area contributed by atoms with Gasteiger partial charge in [-0.3, -0.25) is 0 Å². The van der Waals surface area contributed by atoms with Crippen LogP contribution >= 0.6 is 0 Å². The molecule has 5 nitrogen and oxygen atoms in total. The van der Waals surface area contributed by atoms with Crippen LogP contribution < -0.4 is 0 Å². The quantitative estimate of drug-likeness (QED) is 0.354. The molecule has 1 unspecified atom stereocenters. The second kappa shape index (κ2) is 7.45. The smallest absolute Gasteiger partial charge is 0.189 e. The third kappa shape index (κ3) is 5.45. The average molecular weight is 179 g/mol. The minimum absolute atomic E-state index is 0.113. The van der Waals surface area contributed by atoms with Gasteiger partial charge in [-0.1, -0.05) is 0 Å². The largest absolute Gasteiger partial charge is 0.394 e. The van der Waals surface area contributed by atoms with Crippen molar-refractivity contribution < 1.29 is 24.8 Å². The first-order valence-electron chi connectivity index (χ1n) is 3.75. The lowest BCUT2D eigenvalue weighted by Crippen LogP contribution is -2.25. The highest BCUT2D eigenvalue weighted by Gasteiger charge is 2.17. The van der Waals surface area contributed by atoms with Gasteiger partial charge in [0.15, 0.2) is 12.4 Å². The van der Waals surface area contributed by atoms with Crippen molar-refractivity contribution in [1.82, 2.24) is 0 Å². The van der Waals surface area contributed by atoms with Crippen molar-refractivity contribution in [1.29, 1.82) is 0 Å². The van der Waals surface area contributed by atoms with Crippen molar-refractivity contribution in [2.45, 2.75) is 13.2 Å². The summed E-state index contributed by atoms with van der Waals surface area (Å²) in [6.07, 6.45) is -1.58. The summed E-state index contributed by atoms with van der Waals surface area (Å²) in [6.45, 7) is 1.90. The van der Waals surface area contributed by atoms with Gasteiger partial charge in [0.1, 0.15) is 0 Å². The van der Waals surface area contributed by atoms with E-state index in [1.54, 1.807) is 6.92 Å². The fourth-order valence-electron chi connectivity index (χ4n) is 0.567. The van der Waals surface area contributed by atoms with Gasteiger partial charge in [-0.2, -0.15) is 0 Å². The molecule has 0 fully saturated rings. The van der Waals surface area contributed by atoms with E-state index in [4.69, 9.17) is 20.1 Å². The van der Waals surface area contributed by atoms with Crippen LogP contribution in [0.1, 0.15) is 6.92 Å². The molecule has 73 valence electrons. The Morgan fingerprint density at radius 1 is 1.50 bits per heavy atom. The monoisotopic (exact) mass is 179 g/mol. The Labute approximate surface area is 71.5 Å². The van der Waals surface area contributed by atoms with Gasteiger partial charge in [0, 0.05) is 6.61 Å². The highest BCUT2D eigenvalue weighted by atomic mass is 16.6. The Morgan fingerprint density at radius 3 is 2.67 bits per heavy atom. The predicted molar refractivity (Wildman–Crippen MR) is 40.7 cm³/mol. The van der Waals surface area contributed by atoms with Crippen LogP contribution in [0.2, 0.25) is 0 Å². The van der Waals surface area contributed by atoms with Crippen molar-refractivity contribution >= 4 is 0 Å². The van der Waals surface area contributed by atoms with Crippen LogP contribution in [0.3, 0.4) is 0 Å². The Balaban J connectivity index is 3.35. The summed E-state index contributed by atoms with van der Waals surface area (Å²) in [4.78, 5) is 0. The summed E-state index contributed by atoms with van der Waals surface area (Å²) in [5.41, 5.74) is 0. The first-order valence-corrected chi connectivity index (χ1v) is 3.75. The van der Waals surface area contributed by atoms with Crippen LogP contribution in [-0.2, 0) is 9.47 Å². The lowest BCUT2D eigenvalue weighted by molar-refractivity contribution is -0.129. The molecule has 0 rings (SSSR count). The molecule has 0 heterocycles. The molecule has 0 saturated carbocycles. The molecule has 0 saturated heterocycles. The second-order valence-corrected chi connectivity index (χ2v) is 2.08. The van der Waals surface area contributed by atoms with E-state index in [0.717, 1.165) is 0 Å². The second-order valence-electron chi connectivity index (χ2n) is 2.08. The lowest BCUT2D eigenvalue weighted by atomic mass is 10.4. The third-order valence-electron chi connectivity index (χ3n) is 1.10. The van der Waals surface area contributed by atoms with Crippen LogP contribution in [0.15, 0.2) is 0 Å². The van der Waals surface area contributed by atoms with Crippen LogP contribution in [0.25, 0.3) is 0 Å². The van der Waals surface area contributed by atoms with Gasteiger partial charge in [0.05, 0.1) is 19.8 Å². The van der Waals surface area contributed by atoms with Crippen molar-refractivity contribution in [2.75, 3.05) is 26.4 Å². The standard InChI is InChI=1S/C7H15O5/c1-2-12-7(10)6(9)5-11-4-3-8/h7-10H,2-5H2,1H3. The summed E-state index contributed by atoms with van der Waals surface area (Å²) in [5, 5.41) is 26.3. The van der Waals surface area contributed by atoms with Crippen LogP contribution in [0.4, 0.5) is 0 Å². The Kier molecular flexibility index (Phi) is 7.33. The van der Waals surface area contributed by atoms with Gasteiger partial charge in [-0.25, -0.2) is 0 Å². The van der Waals surface area contributed by atoms with E-state index in [2.05, 4.69) is 4.74 Å². The van der Waals surface area contributed by atoms with Gasteiger partial charge in [0.25, 0.3) is 0 Å². The molecule has 5 heteroatoms. The first-order chi connectivity index (χ1) is 5.72. The Bertz CT molecular complexity index is 97.8.